The molecule has 0 saturated carbocycles. The van der Waals surface area contributed by atoms with Gasteiger partial charge in [0.15, 0.2) is 0 Å². The molecule has 2 heterocycles. The van der Waals surface area contributed by atoms with E-state index in [1.165, 1.54) is 42.1 Å². The van der Waals surface area contributed by atoms with Gasteiger partial charge in [-0.1, -0.05) is 152 Å². The molecule has 0 radical (unpaired) electrons. The molecule has 0 spiro atoms. The number of nitrogens with zero attached hydrogens (tertiary/aromatic N) is 2. The van der Waals surface area contributed by atoms with Gasteiger partial charge in [0, 0.05) is 59.0 Å². The fourth-order valence-electron chi connectivity index (χ4n) is 9.27. The lowest BCUT2D eigenvalue weighted by Crippen LogP contribution is -2.15. The number of hydrogen-bond donors (Lipinski definition) is 0. The van der Waals surface area contributed by atoms with Crippen LogP contribution in [0.4, 0.5) is 34.1 Å². The predicted octanol–water partition coefficient (Wildman–Crippen LogP) is 17.4. The Balaban J connectivity index is 1.19. The van der Waals surface area contributed by atoms with Crippen LogP contribution < -0.4 is 9.80 Å². The molecule has 0 fully saturated rings. The third-order valence-corrected chi connectivity index (χ3v) is 13.2. The molecule has 0 saturated heterocycles. The van der Waals surface area contributed by atoms with E-state index in [2.05, 4.69) is 234 Å². The van der Waals surface area contributed by atoms with Gasteiger partial charge in [0.1, 0.15) is 11.2 Å². The van der Waals surface area contributed by atoms with E-state index in [4.69, 9.17) is 4.42 Å². The Bertz CT molecular complexity index is 3550. The number of thiophene rings is 1. The highest BCUT2D eigenvalue weighted by Crippen LogP contribution is 2.52. The van der Waals surface area contributed by atoms with Gasteiger partial charge in [-0.05, 0) is 101 Å². The van der Waals surface area contributed by atoms with Crippen LogP contribution in [0, 0.1) is 0 Å². The van der Waals surface area contributed by atoms with Crippen molar-refractivity contribution in [1.29, 1.82) is 0 Å². The molecule has 0 bridgehead atoms. The van der Waals surface area contributed by atoms with Crippen molar-refractivity contribution in [1.82, 2.24) is 0 Å². The van der Waals surface area contributed by atoms with Crippen LogP contribution in [0.15, 0.2) is 235 Å². The molecule has 0 aliphatic rings. The van der Waals surface area contributed by atoms with Crippen LogP contribution in [0.25, 0.3) is 75.1 Å². The van der Waals surface area contributed by atoms with Gasteiger partial charge in [-0.2, -0.15) is 0 Å². The maximum absolute atomic E-state index is 6.42. The summed E-state index contributed by atoms with van der Waals surface area (Å²) in [5.74, 6) is 0. The van der Waals surface area contributed by atoms with E-state index in [1.807, 2.05) is 17.4 Å². The second-order valence-corrected chi connectivity index (χ2v) is 16.7. The van der Waals surface area contributed by atoms with Crippen molar-refractivity contribution >= 4 is 98.3 Å². The lowest BCUT2D eigenvalue weighted by molar-refractivity contribution is 0.669. The molecular weight excluding hydrogens is 773 g/mol. The van der Waals surface area contributed by atoms with Crippen LogP contribution >= 0.6 is 11.3 Å². The summed E-state index contributed by atoms with van der Waals surface area (Å²) in [6.07, 6.45) is 0. The number of benzene rings is 10. The summed E-state index contributed by atoms with van der Waals surface area (Å²) < 4.78 is 8.95. The minimum atomic E-state index is 0.867. The molecule has 0 atom stereocenters. The molecule has 12 aromatic rings. The van der Waals surface area contributed by atoms with Crippen LogP contribution in [-0.4, -0.2) is 0 Å². The first kappa shape index (κ1) is 36.0. The topological polar surface area (TPSA) is 19.6 Å². The molecule has 292 valence electrons. The van der Waals surface area contributed by atoms with Gasteiger partial charge in [0.25, 0.3) is 0 Å². The van der Waals surface area contributed by atoms with Gasteiger partial charge >= 0.3 is 0 Å². The average molecular weight is 811 g/mol. The van der Waals surface area contributed by atoms with Gasteiger partial charge < -0.3 is 14.2 Å². The fraction of sp³-hybridized carbons (Fsp3) is 0. The van der Waals surface area contributed by atoms with Crippen LogP contribution in [0.5, 0.6) is 0 Å². The molecule has 12 rings (SSSR count). The van der Waals surface area contributed by atoms with Crippen LogP contribution in [-0.2, 0) is 0 Å². The first-order valence-electron chi connectivity index (χ1n) is 21.0. The van der Waals surface area contributed by atoms with E-state index in [9.17, 15) is 0 Å². The number of rotatable bonds is 8. The maximum atomic E-state index is 6.42. The molecule has 0 amide bonds. The zero-order chi connectivity index (χ0) is 41.0. The minimum Gasteiger partial charge on any atom is -0.456 e. The number of fused-ring (bicyclic) bond motifs is 7. The number of furan rings is 1. The van der Waals surface area contributed by atoms with Gasteiger partial charge in [0.2, 0.25) is 0 Å². The van der Waals surface area contributed by atoms with E-state index >= 15 is 0 Å². The van der Waals surface area contributed by atoms with Crippen molar-refractivity contribution < 1.29 is 4.42 Å². The normalized spacial score (nSPS) is 11.5. The summed E-state index contributed by atoms with van der Waals surface area (Å²) in [5, 5.41) is 7.10. The van der Waals surface area contributed by atoms with E-state index in [0.717, 1.165) is 67.2 Å². The lowest BCUT2D eigenvalue weighted by Gasteiger charge is -2.33. The SMILES string of the molecule is c1ccc(-c2ccc(N(c3ccc4c(c3)sc3ccccc34)c3cccc(N(c4ccccc4)c4ccccc4)c3-c3ccc4oc5ccccc5c4c3)c3ccccc23)cc1. The predicted molar refractivity (Wildman–Crippen MR) is 264 cm³/mol. The Morgan fingerprint density at radius 1 is 0.306 bits per heavy atom. The third-order valence-electron chi connectivity index (χ3n) is 12.0. The zero-order valence-electron chi connectivity index (χ0n) is 33.7. The Morgan fingerprint density at radius 3 is 1.66 bits per heavy atom. The summed E-state index contributed by atoms with van der Waals surface area (Å²) in [6.45, 7) is 0. The Kier molecular flexibility index (Phi) is 8.68. The molecule has 0 aliphatic heterocycles. The van der Waals surface area contributed by atoms with Crippen LogP contribution in [0.2, 0.25) is 0 Å². The second-order valence-electron chi connectivity index (χ2n) is 15.6. The van der Waals surface area contributed by atoms with Crippen LogP contribution in [0.1, 0.15) is 0 Å². The highest BCUT2D eigenvalue weighted by Gasteiger charge is 2.26. The first-order valence-corrected chi connectivity index (χ1v) is 21.8. The second kappa shape index (κ2) is 15.0. The van der Waals surface area contributed by atoms with E-state index in [-0.39, 0.29) is 0 Å². The van der Waals surface area contributed by atoms with Gasteiger partial charge in [-0.3, -0.25) is 0 Å². The van der Waals surface area contributed by atoms with E-state index in [1.54, 1.807) is 0 Å². The molecule has 0 unspecified atom stereocenters. The quantitative estimate of drug-likeness (QED) is 0.152. The van der Waals surface area contributed by atoms with Gasteiger partial charge in [-0.25, -0.2) is 0 Å². The van der Waals surface area contributed by atoms with Crippen molar-refractivity contribution in [2.24, 2.45) is 0 Å². The van der Waals surface area contributed by atoms with Crippen molar-refractivity contribution in [3.05, 3.63) is 231 Å². The third kappa shape index (κ3) is 6.03. The number of anilines is 6. The largest absolute Gasteiger partial charge is 0.456 e. The van der Waals surface area contributed by atoms with Crippen molar-refractivity contribution in [2.75, 3.05) is 9.80 Å². The maximum Gasteiger partial charge on any atom is 0.135 e. The Labute approximate surface area is 363 Å². The average Bonchev–Trinajstić information content (AvgIpc) is 3.91. The van der Waals surface area contributed by atoms with Crippen molar-refractivity contribution in [3.8, 4) is 22.3 Å². The molecule has 0 N–H and O–H groups in total. The Hall–Kier alpha value is -7.92. The summed E-state index contributed by atoms with van der Waals surface area (Å²) in [6, 6.07) is 83.1. The number of para-hydroxylation sites is 3. The summed E-state index contributed by atoms with van der Waals surface area (Å²) >= 11 is 1.85. The molecule has 62 heavy (non-hydrogen) atoms. The van der Waals surface area contributed by atoms with E-state index in [0.29, 0.717) is 0 Å². The van der Waals surface area contributed by atoms with E-state index < -0.39 is 0 Å². The van der Waals surface area contributed by atoms with Crippen LogP contribution in [0.3, 0.4) is 0 Å². The van der Waals surface area contributed by atoms with Gasteiger partial charge in [-0.15, -0.1) is 11.3 Å². The fourth-order valence-corrected chi connectivity index (χ4v) is 10.4. The summed E-state index contributed by atoms with van der Waals surface area (Å²) in [7, 11) is 0. The Morgan fingerprint density at radius 2 is 0.903 bits per heavy atom. The summed E-state index contributed by atoms with van der Waals surface area (Å²) in [5.41, 5.74) is 12.8. The first-order chi connectivity index (χ1) is 30.8. The molecular formula is C58H38N2OS. The zero-order valence-corrected chi connectivity index (χ0v) is 34.5. The molecule has 4 heteroatoms. The standard InChI is InChI=1S/C58H38N2OS/c1-4-17-39(18-5-1)44-34-35-51(46-24-11-10-23-45(44)46)60(43-32-33-49-48-26-13-15-30-56(48)62-57(49)38-43)53-28-16-27-52(59(41-19-6-2-7-20-41)42-21-8-3-9-22-42)58(53)40-31-36-55-50(37-40)47-25-12-14-29-54(47)61-55/h1-38H. The molecule has 2 aromatic heterocycles. The van der Waals surface area contributed by atoms with Crippen molar-refractivity contribution in [3.63, 3.8) is 0 Å². The molecule has 3 nitrogen and oxygen atoms in total. The smallest absolute Gasteiger partial charge is 0.135 e. The highest BCUT2D eigenvalue weighted by atomic mass is 32.1. The lowest BCUT2D eigenvalue weighted by atomic mass is 9.94. The summed E-state index contributed by atoms with van der Waals surface area (Å²) in [4.78, 5) is 4.88. The number of hydrogen-bond acceptors (Lipinski definition) is 4. The molecule has 0 aliphatic carbocycles. The minimum absolute atomic E-state index is 0.867. The molecule has 10 aromatic carbocycles. The van der Waals surface area contributed by atoms with Gasteiger partial charge in [0.05, 0.1) is 17.1 Å². The van der Waals surface area contributed by atoms with Crippen molar-refractivity contribution in [2.45, 2.75) is 0 Å². The highest BCUT2D eigenvalue weighted by molar-refractivity contribution is 7.25. The monoisotopic (exact) mass is 810 g/mol.